The lowest BCUT2D eigenvalue weighted by atomic mass is 9.74. The second-order valence-electron chi connectivity index (χ2n) is 7.48. The van der Waals surface area contributed by atoms with Crippen molar-refractivity contribution < 1.29 is 0 Å². The average molecular weight is 460 g/mol. The first kappa shape index (κ1) is 18.8. The smallest absolute Gasteiger partial charge is 0.0975 e. The van der Waals surface area contributed by atoms with E-state index in [0.29, 0.717) is 0 Å². The van der Waals surface area contributed by atoms with E-state index in [0.717, 1.165) is 19.5 Å². The van der Waals surface area contributed by atoms with Crippen LogP contribution in [0.4, 0.5) is 0 Å². The van der Waals surface area contributed by atoms with Crippen LogP contribution in [0.2, 0.25) is 0 Å². The second-order valence-corrected chi connectivity index (χ2v) is 9.99. The van der Waals surface area contributed by atoms with Crippen LogP contribution in [-0.4, -0.2) is 11.4 Å². The zero-order chi connectivity index (χ0) is 19.7. The molecule has 5 rings (SSSR count). The predicted octanol–water partition coefficient (Wildman–Crippen LogP) is 6.86. The molecule has 0 amide bonds. The number of hydrogen-bond donors (Lipinski definition) is 0. The fraction of sp³-hybridized carbons (Fsp3) is 0.154. The van der Waals surface area contributed by atoms with Crippen LogP contribution in [-0.2, 0) is 18.5 Å². The third kappa shape index (κ3) is 3.28. The van der Waals surface area contributed by atoms with E-state index in [2.05, 4.69) is 118 Å². The van der Waals surface area contributed by atoms with Crippen LogP contribution in [0.25, 0.3) is 0 Å². The molecule has 144 valence electrons. The van der Waals surface area contributed by atoms with Gasteiger partial charge in [0.25, 0.3) is 0 Å². The highest BCUT2D eigenvalue weighted by atomic mass is 79.9. The number of halogens is 1. The van der Waals surface area contributed by atoms with Gasteiger partial charge in [0.05, 0.1) is 9.33 Å². The van der Waals surface area contributed by atoms with Crippen molar-refractivity contribution in [2.24, 2.45) is 0 Å². The van der Waals surface area contributed by atoms with Crippen LogP contribution in [0.3, 0.4) is 0 Å². The Bertz CT molecular complexity index is 993. The van der Waals surface area contributed by atoms with E-state index >= 15 is 0 Å². The number of rotatable bonds is 4. The van der Waals surface area contributed by atoms with E-state index in [4.69, 9.17) is 0 Å². The summed E-state index contributed by atoms with van der Waals surface area (Å²) in [5.74, 6) is 0. The summed E-state index contributed by atoms with van der Waals surface area (Å²) in [7, 11) is 0. The first-order valence-corrected chi connectivity index (χ1v) is 11.6. The van der Waals surface area contributed by atoms with E-state index in [-0.39, 0.29) is 5.54 Å². The molecule has 1 aliphatic heterocycles. The number of fused-ring (bicyclic) bond motifs is 1. The van der Waals surface area contributed by atoms with Crippen LogP contribution in [0.1, 0.15) is 27.1 Å². The molecular weight excluding hydrogens is 438 g/mol. The van der Waals surface area contributed by atoms with Crippen molar-refractivity contribution in [2.45, 2.75) is 18.5 Å². The van der Waals surface area contributed by atoms with Crippen molar-refractivity contribution in [3.63, 3.8) is 0 Å². The molecule has 0 saturated carbocycles. The molecular formula is C26H22BrNS. The summed E-state index contributed by atoms with van der Waals surface area (Å²) < 4.78 is 1.23. The van der Waals surface area contributed by atoms with Crippen molar-refractivity contribution in [1.82, 2.24) is 4.90 Å². The van der Waals surface area contributed by atoms with Crippen molar-refractivity contribution in [3.8, 4) is 0 Å². The van der Waals surface area contributed by atoms with Crippen molar-refractivity contribution in [3.05, 3.63) is 128 Å². The van der Waals surface area contributed by atoms with Gasteiger partial charge in [0, 0.05) is 18.0 Å². The highest BCUT2D eigenvalue weighted by molar-refractivity contribution is 9.11. The van der Waals surface area contributed by atoms with E-state index in [1.165, 1.54) is 30.9 Å². The van der Waals surface area contributed by atoms with Gasteiger partial charge >= 0.3 is 0 Å². The van der Waals surface area contributed by atoms with Crippen LogP contribution in [0.15, 0.2) is 101 Å². The number of thiophene rings is 1. The Kier molecular flexibility index (Phi) is 5.13. The molecule has 3 heteroatoms. The van der Waals surface area contributed by atoms with E-state index in [1.807, 2.05) is 11.3 Å². The maximum absolute atomic E-state index is 3.70. The van der Waals surface area contributed by atoms with E-state index < -0.39 is 0 Å². The molecule has 29 heavy (non-hydrogen) atoms. The molecule has 0 aliphatic carbocycles. The lowest BCUT2D eigenvalue weighted by molar-refractivity contribution is 0.140. The largest absolute Gasteiger partial charge is 0.281 e. The summed E-state index contributed by atoms with van der Waals surface area (Å²) in [6.45, 7) is 1.97. The maximum Gasteiger partial charge on any atom is 0.0975 e. The zero-order valence-corrected chi connectivity index (χ0v) is 18.5. The van der Waals surface area contributed by atoms with Gasteiger partial charge in [-0.3, -0.25) is 4.90 Å². The summed E-state index contributed by atoms with van der Waals surface area (Å²) in [4.78, 5) is 4.17. The Hall–Kier alpha value is -2.20. The van der Waals surface area contributed by atoms with Crippen molar-refractivity contribution in [1.29, 1.82) is 0 Å². The van der Waals surface area contributed by atoms with Gasteiger partial charge < -0.3 is 0 Å². The second kappa shape index (κ2) is 7.91. The predicted molar refractivity (Wildman–Crippen MR) is 125 cm³/mol. The van der Waals surface area contributed by atoms with Crippen molar-refractivity contribution in [2.75, 3.05) is 6.54 Å². The van der Waals surface area contributed by atoms with Crippen LogP contribution < -0.4 is 0 Å². The molecule has 0 radical (unpaired) electrons. The van der Waals surface area contributed by atoms with Gasteiger partial charge in [0.1, 0.15) is 0 Å². The third-order valence-electron chi connectivity index (χ3n) is 5.89. The summed E-state index contributed by atoms with van der Waals surface area (Å²) in [5.41, 5.74) is 5.07. The fourth-order valence-electron chi connectivity index (χ4n) is 4.67. The highest BCUT2D eigenvalue weighted by Gasteiger charge is 2.43. The minimum atomic E-state index is -0.324. The Morgan fingerprint density at radius 3 is 1.69 bits per heavy atom. The van der Waals surface area contributed by atoms with Crippen molar-refractivity contribution >= 4 is 27.3 Å². The minimum Gasteiger partial charge on any atom is -0.281 e. The molecule has 1 aromatic heterocycles. The zero-order valence-electron chi connectivity index (χ0n) is 16.1. The third-order valence-corrected chi connectivity index (χ3v) is 7.63. The molecule has 0 fully saturated rings. The SMILES string of the molecule is Brc1cc2c(s1)CCN(C(c1ccccc1)(c1ccccc1)c1ccccc1)C2. The average Bonchev–Trinajstić information content (AvgIpc) is 3.16. The number of benzene rings is 3. The molecule has 0 N–H and O–H groups in total. The Morgan fingerprint density at radius 1 is 0.724 bits per heavy atom. The Morgan fingerprint density at radius 2 is 1.21 bits per heavy atom. The monoisotopic (exact) mass is 459 g/mol. The van der Waals surface area contributed by atoms with E-state index in [1.54, 1.807) is 0 Å². The molecule has 1 aliphatic rings. The molecule has 0 spiro atoms. The standard InChI is InChI=1S/C26H22BrNS/c27-25-18-20-19-28(17-16-24(20)29-25)26(21-10-4-1-5-11-21,22-12-6-2-7-13-22)23-14-8-3-9-15-23/h1-15,18H,16-17,19H2. The fourth-order valence-corrected chi connectivity index (χ4v) is 6.42. The quantitative estimate of drug-likeness (QED) is 0.301. The molecule has 0 saturated heterocycles. The first-order chi connectivity index (χ1) is 14.3. The van der Waals surface area contributed by atoms with Gasteiger partial charge in [0.2, 0.25) is 0 Å². The Labute approximate surface area is 184 Å². The molecule has 4 aromatic rings. The molecule has 0 bridgehead atoms. The van der Waals surface area contributed by atoms with Gasteiger partial charge in [-0.05, 0) is 50.7 Å². The van der Waals surface area contributed by atoms with Gasteiger partial charge in [-0.15, -0.1) is 11.3 Å². The summed E-state index contributed by atoms with van der Waals surface area (Å²) in [5, 5.41) is 0. The molecule has 1 nitrogen and oxygen atoms in total. The summed E-state index contributed by atoms with van der Waals surface area (Å²) in [6.07, 6.45) is 1.08. The first-order valence-electron chi connectivity index (χ1n) is 9.97. The summed E-state index contributed by atoms with van der Waals surface area (Å²) in [6, 6.07) is 35.2. The highest BCUT2D eigenvalue weighted by Crippen LogP contribution is 2.45. The minimum absolute atomic E-state index is 0.324. The molecule has 3 aromatic carbocycles. The van der Waals surface area contributed by atoms with Gasteiger partial charge in [0.15, 0.2) is 0 Å². The topological polar surface area (TPSA) is 3.24 Å². The van der Waals surface area contributed by atoms with Gasteiger partial charge in [-0.25, -0.2) is 0 Å². The molecule has 2 heterocycles. The number of nitrogens with zero attached hydrogens (tertiary/aromatic N) is 1. The molecule has 0 atom stereocenters. The summed E-state index contributed by atoms with van der Waals surface area (Å²) >= 11 is 5.58. The maximum atomic E-state index is 3.70. The normalized spacial score (nSPS) is 14.5. The lowest BCUT2D eigenvalue weighted by Crippen LogP contribution is -2.49. The molecule has 0 unspecified atom stereocenters. The number of hydrogen-bond acceptors (Lipinski definition) is 2. The van der Waals surface area contributed by atoms with Crippen LogP contribution >= 0.6 is 27.3 Å². The van der Waals surface area contributed by atoms with Gasteiger partial charge in [-0.2, -0.15) is 0 Å². The lowest BCUT2D eigenvalue weighted by Gasteiger charge is -2.47. The van der Waals surface area contributed by atoms with Gasteiger partial charge in [-0.1, -0.05) is 91.0 Å². The van der Waals surface area contributed by atoms with Crippen LogP contribution in [0, 0.1) is 0 Å². The van der Waals surface area contributed by atoms with Crippen LogP contribution in [0.5, 0.6) is 0 Å². The Balaban J connectivity index is 1.77. The van der Waals surface area contributed by atoms with E-state index in [9.17, 15) is 0 Å².